The van der Waals surface area contributed by atoms with Crippen LogP contribution in [0.15, 0.2) is 42.5 Å². The van der Waals surface area contributed by atoms with Gasteiger partial charge < -0.3 is 14.8 Å². The summed E-state index contributed by atoms with van der Waals surface area (Å²) in [5.74, 6) is 0.339. The number of aromatic nitrogens is 1. The van der Waals surface area contributed by atoms with Crippen LogP contribution in [-0.4, -0.2) is 39.4 Å². The fourth-order valence-corrected chi connectivity index (χ4v) is 5.53. The van der Waals surface area contributed by atoms with E-state index in [2.05, 4.69) is 9.56 Å². The number of fused-ring (bicyclic) bond motifs is 1. The predicted molar refractivity (Wildman–Crippen MR) is 126 cm³/mol. The average Bonchev–Trinajstić information content (AvgIpc) is 3.16. The monoisotopic (exact) mass is 431 g/mol. The Morgan fingerprint density at radius 1 is 1.12 bits per heavy atom. The third kappa shape index (κ3) is 3.92. The molecule has 0 amide bonds. The molecule has 3 aromatic rings. The zero-order valence-corrected chi connectivity index (χ0v) is 18.7. The second-order valence-electron chi connectivity index (χ2n) is 9.15. The van der Waals surface area contributed by atoms with Crippen molar-refractivity contribution in [3.63, 3.8) is 0 Å². The summed E-state index contributed by atoms with van der Waals surface area (Å²) in [5.41, 5.74) is 5.56. The van der Waals surface area contributed by atoms with Crippen LogP contribution in [0.4, 0.5) is 0 Å². The number of aromatic hydroxyl groups is 1. The van der Waals surface area contributed by atoms with Gasteiger partial charge in [0.1, 0.15) is 25.4 Å². The average molecular weight is 432 g/mol. The highest BCUT2D eigenvalue weighted by Gasteiger charge is 2.33. The number of esters is 1. The number of nitrogens with zero attached hydrogens (tertiary/aromatic N) is 1. The quantitative estimate of drug-likeness (QED) is 0.435. The summed E-state index contributed by atoms with van der Waals surface area (Å²) < 4.78 is 8.24. The number of phenols is 1. The fraction of sp³-hybridized carbons (Fsp3) is 0.407. The van der Waals surface area contributed by atoms with Gasteiger partial charge in [-0.25, -0.2) is 9.37 Å². The molecule has 5 rings (SSSR count). The molecule has 32 heavy (non-hydrogen) atoms. The SMILES string of the molecule is Cc1[nH]c2ccc(O)c(CC3CCC[N+]4=C3CCCC4)c2c1C(=O)OCc1ccccc1. The highest BCUT2D eigenvalue weighted by atomic mass is 16.5. The Morgan fingerprint density at radius 3 is 2.78 bits per heavy atom. The van der Waals surface area contributed by atoms with Crippen molar-refractivity contribution in [1.82, 2.24) is 4.98 Å². The minimum Gasteiger partial charge on any atom is -0.508 e. The first-order valence-electron chi connectivity index (χ1n) is 11.8. The van der Waals surface area contributed by atoms with Crippen LogP contribution in [0, 0.1) is 12.8 Å². The van der Waals surface area contributed by atoms with E-state index in [1.165, 1.54) is 19.3 Å². The van der Waals surface area contributed by atoms with Crippen LogP contribution in [0.2, 0.25) is 0 Å². The maximum atomic E-state index is 13.2. The number of hydrogen-bond donors (Lipinski definition) is 2. The van der Waals surface area contributed by atoms with Gasteiger partial charge in [-0.3, -0.25) is 0 Å². The molecule has 0 spiro atoms. The number of carbonyl (C=O) groups is 1. The molecule has 1 aromatic heterocycles. The van der Waals surface area contributed by atoms with E-state index in [9.17, 15) is 9.90 Å². The van der Waals surface area contributed by atoms with E-state index >= 15 is 0 Å². The summed E-state index contributed by atoms with van der Waals surface area (Å²) in [6.45, 7) is 4.44. The second kappa shape index (κ2) is 8.81. The van der Waals surface area contributed by atoms with Gasteiger partial charge in [-0.05, 0) is 43.9 Å². The molecule has 2 aliphatic heterocycles. The number of benzene rings is 2. The lowest BCUT2D eigenvalue weighted by Gasteiger charge is -2.27. The van der Waals surface area contributed by atoms with E-state index in [0.29, 0.717) is 11.5 Å². The molecule has 166 valence electrons. The number of aromatic amines is 1. The first kappa shape index (κ1) is 20.8. The van der Waals surface area contributed by atoms with Gasteiger partial charge in [-0.1, -0.05) is 30.3 Å². The highest BCUT2D eigenvalue weighted by Crippen LogP contribution is 2.36. The van der Waals surface area contributed by atoms with Crippen molar-refractivity contribution in [1.29, 1.82) is 0 Å². The molecule has 3 heterocycles. The molecule has 0 radical (unpaired) electrons. The maximum absolute atomic E-state index is 13.2. The first-order chi connectivity index (χ1) is 15.6. The molecule has 0 saturated carbocycles. The lowest BCUT2D eigenvalue weighted by molar-refractivity contribution is -0.540. The van der Waals surface area contributed by atoms with E-state index in [4.69, 9.17) is 4.74 Å². The van der Waals surface area contributed by atoms with E-state index in [1.807, 2.05) is 43.3 Å². The summed E-state index contributed by atoms with van der Waals surface area (Å²) in [4.78, 5) is 16.5. The number of nitrogens with one attached hydrogen (secondary N) is 1. The molecule has 2 aliphatic rings. The second-order valence-corrected chi connectivity index (χ2v) is 9.15. The van der Waals surface area contributed by atoms with E-state index in [-0.39, 0.29) is 18.3 Å². The molecule has 0 bridgehead atoms. The lowest BCUT2D eigenvalue weighted by Crippen LogP contribution is -2.37. The minimum atomic E-state index is -0.347. The number of carbonyl (C=O) groups excluding carboxylic acids is 1. The van der Waals surface area contributed by atoms with Gasteiger partial charge in [-0.15, -0.1) is 0 Å². The Hall–Kier alpha value is -3.08. The molecule has 2 aromatic carbocycles. The van der Waals surface area contributed by atoms with Gasteiger partial charge in [0.25, 0.3) is 0 Å². The fourth-order valence-electron chi connectivity index (χ4n) is 5.53. The van der Waals surface area contributed by atoms with Gasteiger partial charge in [0.2, 0.25) is 0 Å². The molecule has 2 N–H and O–H groups in total. The van der Waals surface area contributed by atoms with Crippen LogP contribution in [0.5, 0.6) is 5.75 Å². The summed E-state index contributed by atoms with van der Waals surface area (Å²) in [6.07, 6.45) is 6.75. The Morgan fingerprint density at radius 2 is 1.94 bits per heavy atom. The number of phenolic OH excluding ortho intramolecular Hbond substituents is 1. The number of hydrogen-bond acceptors (Lipinski definition) is 3. The van der Waals surface area contributed by atoms with E-state index in [0.717, 1.165) is 60.1 Å². The molecule has 1 atom stereocenters. The van der Waals surface area contributed by atoms with Crippen LogP contribution in [0.1, 0.15) is 59.3 Å². The molecule has 0 saturated heterocycles. The lowest BCUT2D eigenvalue weighted by atomic mass is 9.83. The highest BCUT2D eigenvalue weighted by molar-refractivity contribution is 6.07. The molecular weight excluding hydrogens is 400 g/mol. The Balaban J connectivity index is 1.49. The molecule has 1 unspecified atom stereocenters. The zero-order valence-electron chi connectivity index (χ0n) is 18.7. The first-order valence-corrected chi connectivity index (χ1v) is 11.8. The molecule has 0 fully saturated rings. The Bertz CT molecular complexity index is 1170. The molecule has 0 aliphatic carbocycles. The van der Waals surface area contributed by atoms with Crippen molar-refractivity contribution in [3.8, 4) is 5.75 Å². The smallest absolute Gasteiger partial charge is 0.340 e. The van der Waals surface area contributed by atoms with Crippen molar-refractivity contribution in [2.75, 3.05) is 13.1 Å². The van der Waals surface area contributed by atoms with Gasteiger partial charge >= 0.3 is 5.97 Å². The number of rotatable bonds is 5. The Kier molecular flexibility index (Phi) is 5.73. The van der Waals surface area contributed by atoms with Crippen LogP contribution in [-0.2, 0) is 17.8 Å². The summed E-state index contributed by atoms with van der Waals surface area (Å²) in [7, 11) is 0. The third-order valence-electron chi connectivity index (χ3n) is 7.07. The van der Waals surface area contributed by atoms with Crippen molar-refractivity contribution < 1.29 is 19.2 Å². The third-order valence-corrected chi connectivity index (χ3v) is 7.07. The van der Waals surface area contributed by atoms with Gasteiger partial charge in [0, 0.05) is 47.3 Å². The van der Waals surface area contributed by atoms with Crippen molar-refractivity contribution in [3.05, 3.63) is 64.8 Å². The van der Waals surface area contributed by atoms with Crippen LogP contribution >= 0.6 is 0 Å². The summed E-state index contributed by atoms with van der Waals surface area (Å²) in [6, 6.07) is 13.3. The largest absolute Gasteiger partial charge is 0.508 e. The minimum absolute atomic E-state index is 0.232. The summed E-state index contributed by atoms with van der Waals surface area (Å²) >= 11 is 0. The Labute approximate surface area is 188 Å². The van der Waals surface area contributed by atoms with Crippen molar-refractivity contribution in [2.24, 2.45) is 5.92 Å². The maximum Gasteiger partial charge on any atom is 0.340 e. The number of ether oxygens (including phenoxy) is 1. The molecule has 5 heteroatoms. The molecule has 5 nitrogen and oxygen atoms in total. The van der Waals surface area contributed by atoms with E-state index < -0.39 is 0 Å². The van der Waals surface area contributed by atoms with Crippen LogP contribution in [0.3, 0.4) is 0 Å². The molecular formula is C27H31N2O3+. The normalized spacial score (nSPS) is 18.6. The van der Waals surface area contributed by atoms with Crippen molar-refractivity contribution >= 4 is 22.6 Å². The standard InChI is InChI=1S/C27H30N2O3/c1-18-25(27(31)32-17-19-8-3-2-4-9-19)26-21(24(30)13-12-22(26)28-18)16-20-10-7-15-29-14-6-5-11-23(20)29/h2-4,8-9,12-13,20H,5-7,10-11,14-17H2,1H3,(H-,28,30,31)/p+1. The van der Waals surface area contributed by atoms with Crippen LogP contribution in [0.25, 0.3) is 10.9 Å². The van der Waals surface area contributed by atoms with Gasteiger partial charge in [0.05, 0.1) is 5.56 Å². The summed E-state index contributed by atoms with van der Waals surface area (Å²) in [5, 5.41) is 11.7. The van der Waals surface area contributed by atoms with E-state index in [1.54, 1.807) is 11.8 Å². The van der Waals surface area contributed by atoms with Gasteiger partial charge in [0.15, 0.2) is 5.71 Å². The number of H-pyrrole nitrogens is 1. The van der Waals surface area contributed by atoms with Gasteiger partial charge in [-0.2, -0.15) is 0 Å². The predicted octanol–water partition coefficient (Wildman–Crippen LogP) is 5.13. The van der Waals surface area contributed by atoms with Crippen molar-refractivity contribution in [2.45, 2.75) is 52.1 Å². The van der Waals surface area contributed by atoms with Crippen LogP contribution < -0.4 is 0 Å². The zero-order chi connectivity index (χ0) is 22.1. The number of aryl methyl sites for hydroxylation is 1. The topological polar surface area (TPSA) is 65.3 Å².